The zero-order valence-corrected chi connectivity index (χ0v) is 38.9. The second-order valence-electron chi connectivity index (χ2n) is 16.8. The van der Waals surface area contributed by atoms with Gasteiger partial charge in [-0.15, -0.1) is 11.8 Å². The van der Waals surface area contributed by atoms with Gasteiger partial charge in [-0.3, -0.25) is 9.69 Å². The Balaban J connectivity index is 1.03. The number of alkyl halides is 6. The number of nitrogens with zero attached hydrogens (tertiary/aromatic N) is 2. The third-order valence-electron chi connectivity index (χ3n) is 12.4. The Bertz CT molecular complexity index is 2740. The zero-order chi connectivity index (χ0) is 48.9. The van der Waals surface area contributed by atoms with Crippen LogP contribution in [-0.4, -0.2) is 94.0 Å². The van der Waals surface area contributed by atoms with Crippen molar-refractivity contribution in [1.29, 1.82) is 0 Å². The van der Waals surface area contributed by atoms with E-state index in [-0.39, 0.29) is 24.1 Å². The number of nitrogens with one attached hydrogen (secondary N) is 2. The molecule has 2 fully saturated rings. The fourth-order valence-corrected chi connectivity index (χ4v) is 11.8. The number of hydrogen-bond donors (Lipinski definition) is 4. The van der Waals surface area contributed by atoms with Crippen LogP contribution in [0, 0.1) is 5.92 Å². The second-order valence-corrected chi connectivity index (χ2v) is 21.5. The number of carbonyl (C=O) groups excluding carboxylic acids is 1. The number of sulfonamides is 1. The number of anilines is 2. The van der Waals surface area contributed by atoms with E-state index in [0.717, 1.165) is 42.0 Å². The van der Waals surface area contributed by atoms with Gasteiger partial charge >= 0.3 is 11.7 Å². The van der Waals surface area contributed by atoms with Gasteiger partial charge in [-0.1, -0.05) is 54.6 Å². The molecule has 1 amide bonds. The number of aliphatic hydroxyl groups is 2. The number of likely N-dealkylation sites (tertiary alicyclic amines) is 1. The fraction of sp³-hybridized carbons (Fsp3) is 0.354. The average Bonchev–Trinajstić information content (AvgIpc) is 3.76. The number of hydrogen-bond acceptors (Lipinski definition) is 11. The highest BCUT2D eigenvalue weighted by molar-refractivity contribution is 7.99. The molecule has 68 heavy (non-hydrogen) atoms. The lowest BCUT2D eigenvalue weighted by molar-refractivity contribution is -0.137. The number of β-amino-alcohol motifs (C(OH)–C–C–N with tert-alkyl or cyclic N) is 1. The Morgan fingerprint density at radius 2 is 1.46 bits per heavy atom. The lowest BCUT2D eigenvalue weighted by Gasteiger charge is -2.36. The third kappa shape index (κ3) is 12.0. The van der Waals surface area contributed by atoms with E-state index >= 15 is 0 Å². The molecule has 5 aromatic carbocycles. The minimum Gasteiger partial charge on any atom is -0.395 e. The Hall–Kier alpha value is -5.12. The molecule has 0 saturated carbocycles. The maximum atomic E-state index is 14.2. The monoisotopic (exact) mass is 1000 g/mol. The summed E-state index contributed by atoms with van der Waals surface area (Å²) >= 11 is 1.41. The number of sulfone groups is 1. The van der Waals surface area contributed by atoms with E-state index < -0.39 is 70.6 Å². The van der Waals surface area contributed by atoms with Gasteiger partial charge in [-0.25, -0.2) is 21.6 Å². The molecular formula is C48H50F6N4O7S3. The van der Waals surface area contributed by atoms with Crippen LogP contribution in [0.3, 0.4) is 0 Å². The van der Waals surface area contributed by atoms with Crippen LogP contribution in [0.15, 0.2) is 136 Å². The maximum Gasteiger partial charge on any atom is 0.501 e. The average molecular weight is 1010 g/mol. The van der Waals surface area contributed by atoms with Gasteiger partial charge in [-0.05, 0) is 128 Å². The van der Waals surface area contributed by atoms with Crippen molar-refractivity contribution >= 4 is 48.9 Å². The van der Waals surface area contributed by atoms with Gasteiger partial charge in [0.2, 0.25) is 0 Å². The molecule has 0 aromatic heterocycles. The van der Waals surface area contributed by atoms with Crippen molar-refractivity contribution in [1.82, 2.24) is 9.62 Å². The van der Waals surface area contributed by atoms with Crippen LogP contribution in [0.25, 0.3) is 11.1 Å². The fourth-order valence-electron chi connectivity index (χ4n) is 8.80. The topological polar surface area (TPSA) is 156 Å². The van der Waals surface area contributed by atoms with Crippen LogP contribution in [0.5, 0.6) is 0 Å². The van der Waals surface area contributed by atoms with E-state index in [0.29, 0.717) is 79.6 Å². The molecule has 364 valence electrons. The SMILES string of the molecule is O=C(NS(=O)(=O)c1ccc(N[C@@H](CSc2ccccc2)C[C@H]2CCCN2CCO)c(S(=O)(=O)C(F)(F)F)c1)c1ccc(N2CCC(C(O)c3ccccc3-c3ccc(C(F)(F)F)cc3)CC2)cc1. The molecule has 2 aliphatic heterocycles. The van der Waals surface area contributed by atoms with Gasteiger partial charge in [-0.2, -0.15) is 26.3 Å². The number of benzene rings is 5. The number of thioether (sulfide) groups is 1. The number of carbonyl (C=O) groups is 1. The summed E-state index contributed by atoms with van der Waals surface area (Å²) in [7, 11) is -11.1. The number of piperidine rings is 1. The molecule has 7 rings (SSSR count). The molecule has 20 heteroatoms. The first kappa shape index (κ1) is 50.7. The van der Waals surface area contributed by atoms with Gasteiger partial charge in [0.15, 0.2) is 0 Å². The van der Waals surface area contributed by atoms with E-state index in [9.17, 15) is 58.2 Å². The van der Waals surface area contributed by atoms with Crippen molar-refractivity contribution in [3.63, 3.8) is 0 Å². The quantitative estimate of drug-likeness (QED) is 0.0521. The first-order valence-electron chi connectivity index (χ1n) is 21.9. The van der Waals surface area contributed by atoms with E-state index in [1.165, 1.54) is 36.0 Å². The molecule has 4 N–H and O–H groups in total. The Morgan fingerprint density at radius 3 is 2.10 bits per heavy atom. The summed E-state index contributed by atoms with van der Waals surface area (Å²) in [5.41, 5.74) is -4.72. The number of amides is 1. The largest absolute Gasteiger partial charge is 0.501 e. The van der Waals surface area contributed by atoms with Gasteiger partial charge in [0.25, 0.3) is 25.8 Å². The standard InChI is InChI=1S/C48H50F6N4O7S3/c49-47(50,51)35-16-12-32(13-17-35)41-10-4-5-11-42(41)45(60)33-22-25-58(26-23-33)37-18-14-34(15-19-37)46(61)56-68(64,65)40-20-21-43(44(30-40)67(62,63)48(52,53)54)55-36(31-66-39-8-2-1-3-9-39)29-38-7-6-24-57(38)27-28-59/h1-5,8-21,30,33,36,38,45,55,59-60H,6-7,22-29,31H2,(H,56,61)/t36-,38-,45?/m1/s1. The van der Waals surface area contributed by atoms with Gasteiger partial charge in [0.1, 0.15) is 4.90 Å². The summed E-state index contributed by atoms with van der Waals surface area (Å²) in [5, 5.41) is 24.1. The van der Waals surface area contributed by atoms with Gasteiger partial charge in [0.05, 0.1) is 28.9 Å². The molecule has 3 atom stereocenters. The normalized spacial score (nSPS) is 17.5. The van der Waals surface area contributed by atoms with Crippen molar-refractivity contribution in [3.05, 3.63) is 138 Å². The lowest BCUT2D eigenvalue weighted by atomic mass is 9.84. The second kappa shape index (κ2) is 21.3. The van der Waals surface area contributed by atoms with Crippen molar-refractivity contribution in [2.24, 2.45) is 5.92 Å². The summed E-state index contributed by atoms with van der Waals surface area (Å²) in [6.45, 7) is 2.00. The molecule has 5 aromatic rings. The van der Waals surface area contributed by atoms with Crippen LogP contribution < -0.4 is 14.9 Å². The number of rotatable bonds is 17. The molecule has 2 saturated heterocycles. The van der Waals surface area contributed by atoms with Crippen molar-refractivity contribution in [2.75, 3.05) is 48.8 Å². The molecule has 1 unspecified atom stereocenters. The van der Waals surface area contributed by atoms with Crippen molar-refractivity contribution < 1.29 is 58.2 Å². The summed E-state index contributed by atoms with van der Waals surface area (Å²) in [6, 6.07) is 28.5. The first-order chi connectivity index (χ1) is 32.2. The summed E-state index contributed by atoms with van der Waals surface area (Å²) in [5.74, 6) is -0.995. The first-order valence-corrected chi connectivity index (χ1v) is 25.8. The summed E-state index contributed by atoms with van der Waals surface area (Å²) in [4.78, 5) is 16.1. The molecular weight excluding hydrogens is 955 g/mol. The smallest absolute Gasteiger partial charge is 0.395 e. The molecule has 2 heterocycles. The molecule has 11 nitrogen and oxygen atoms in total. The highest BCUT2D eigenvalue weighted by atomic mass is 32.2. The predicted octanol–water partition coefficient (Wildman–Crippen LogP) is 9.15. The molecule has 0 bridgehead atoms. The van der Waals surface area contributed by atoms with Gasteiger partial charge < -0.3 is 20.4 Å². The predicted molar refractivity (Wildman–Crippen MR) is 248 cm³/mol. The molecule has 2 aliphatic rings. The van der Waals surface area contributed by atoms with E-state index in [4.69, 9.17) is 0 Å². The third-order valence-corrected chi connectivity index (χ3v) is 16.4. The van der Waals surface area contributed by atoms with Gasteiger partial charge in [0, 0.05) is 53.6 Å². The highest BCUT2D eigenvalue weighted by Gasteiger charge is 2.48. The highest BCUT2D eigenvalue weighted by Crippen LogP contribution is 2.40. The molecule has 0 aliphatic carbocycles. The minimum atomic E-state index is -6.13. The van der Waals surface area contributed by atoms with Crippen molar-refractivity contribution in [3.8, 4) is 11.1 Å². The van der Waals surface area contributed by atoms with Crippen LogP contribution in [0.1, 0.15) is 59.7 Å². The van der Waals surface area contributed by atoms with Crippen LogP contribution in [-0.2, 0) is 26.0 Å². The molecule has 0 spiro atoms. The minimum absolute atomic E-state index is 0.0592. The Morgan fingerprint density at radius 1 is 0.794 bits per heavy atom. The maximum absolute atomic E-state index is 14.2. The van der Waals surface area contributed by atoms with Crippen LogP contribution in [0.4, 0.5) is 37.7 Å². The number of aliphatic hydroxyl groups excluding tert-OH is 2. The summed E-state index contributed by atoms with van der Waals surface area (Å²) < 4.78 is 137. The number of halogens is 6. The Labute approximate surface area is 395 Å². The van der Waals surface area contributed by atoms with Crippen molar-refractivity contribution in [2.45, 2.75) is 76.7 Å². The molecule has 0 radical (unpaired) electrons. The summed E-state index contributed by atoms with van der Waals surface area (Å²) in [6.07, 6.45) is -2.34. The van der Waals surface area contributed by atoms with E-state index in [1.54, 1.807) is 36.4 Å². The zero-order valence-electron chi connectivity index (χ0n) is 36.5. The van der Waals surface area contributed by atoms with Crippen LogP contribution in [0.2, 0.25) is 0 Å². The Kier molecular flexibility index (Phi) is 15.9. The van der Waals surface area contributed by atoms with E-state index in [2.05, 4.69) is 10.2 Å². The van der Waals surface area contributed by atoms with E-state index in [1.807, 2.05) is 40.0 Å². The van der Waals surface area contributed by atoms with Crippen LogP contribution >= 0.6 is 11.8 Å². The lowest BCUT2D eigenvalue weighted by Crippen LogP contribution is -2.38.